The minimum Gasteiger partial charge on any atom is -0.478 e. The van der Waals surface area contributed by atoms with Crippen molar-refractivity contribution in [3.8, 4) is 5.69 Å². The molecule has 1 atom stereocenters. The number of nitrogens with one attached hydrogen (secondary N) is 1. The lowest BCUT2D eigenvalue weighted by molar-refractivity contribution is -0.117. The highest BCUT2D eigenvalue weighted by Crippen LogP contribution is 2.30. The molecule has 30 heavy (non-hydrogen) atoms. The van der Waals surface area contributed by atoms with Crippen LogP contribution in [0.1, 0.15) is 34.9 Å². The number of carboxylic acids is 1. The van der Waals surface area contributed by atoms with Gasteiger partial charge in [-0.1, -0.05) is 23.9 Å². The molecule has 1 amide bonds. The molecule has 1 saturated carbocycles. The summed E-state index contributed by atoms with van der Waals surface area (Å²) in [5, 5.41) is 34.4. The predicted molar refractivity (Wildman–Crippen MR) is 110 cm³/mol. The highest BCUT2D eigenvalue weighted by Gasteiger charge is 2.29. The van der Waals surface area contributed by atoms with E-state index in [0.29, 0.717) is 22.3 Å². The van der Waals surface area contributed by atoms with Gasteiger partial charge in [0.15, 0.2) is 0 Å². The van der Waals surface area contributed by atoms with Crippen molar-refractivity contribution in [3.05, 3.63) is 59.7 Å². The lowest BCUT2D eigenvalue weighted by Gasteiger charge is -2.12. The van der Waals surface area contributed by atoms with E-state index in [9.17, 15) is 14.7 Å². The van der Waals surface area contributed by atoms with Gasteiger partial charge in [-0.05, 0) is 65.2 Å². The van der Waals surface area contributed by atoms with Crippen LogP contribution < -0.4 is 5.32 Å². The number of amides is 1. The Bertz CT molecular complexity index is 1050. The Morgan fingerprint density at radius 1 is 1.13 bits per heavy atom. The summed E-state index contributed by atoms with van der Waals surface area (Å²) in [7, 11) is 0. The van der Waals surface area contributed by atoms with E-state index in [1.165, 1.54) is 28.6 Å². The summed E-state index contributed by atoms with van der Waals surface area (Å²) in [4.78, 5) is 22.8. The zero-order chi connectivity index (χ0) is 21.1. The number of thioether (sulfide) groups is 1. The molecular formula is C20H19N5O4S. The van der Waals surface area contributed by atoms with Crippen molar-refractivity contribution in [2.24, 2.45) is 5.92 Å². The fraction of sp³-hybridized carbons (Fsp3) is 0.250. The van der Waals surface area contributed by atoms with Gasteiger partial charge in [0.2, 0.25) is 11.1 Å². The molecule has 0 spiro atoms. The molecular weight excluding hydrogens is 406 g/mol. The van der Waals surface area contributed by atoms with Crippen LogP contribution >= 0.6 is 11.8 Å². The molecule has 9 nitrogen and oxygen atoms in total. The predicted octanol–water partition coefficient (Wildman–Crippen LogP) is 2.53. The summed E-state index contributed by atoms with van der Waals surface area (Å²) in [6.07, 6.45) is 1.15. The van der Waals surface area contributed by atoms with E-state index in [-0.39, 0.29) is 17.4 Å². The number of aromatic carboxylic acids is 1. The van der Waals surface area contributed by atoms with Crippen LogP contribution in [0.15, 0.2) is 53.7 Å². The molecule has 3 aromatic rings. The Morgan fingerprint density at radius 3 is 2.47 bits per heavy atom. The molecule has 3 N–H and O–H groups in total. The normalized spacial score (nSPS) is 14.3. The Labute approximate surface area is 176 Å². The number of aliphatic hydroxyl groups is 1. The first-order chi connectivity index (χ1) is 14.5. The zero-order valence-electron chi connectivity index (χ0n) is 15.8. The van der Waals surface area contributed by atoms with E-state index >= 15 is 0 Å². The van der Waals surface area contributed by atoms with Crippen LogP contribution in [-0.2, 0) is 4.79 Å². The number of nitrogens with zero attached hydrogens (tertiary/aromatic N) is 4. The van der Waals surface area contributed by atoms with Crippen LogP contribution in [0.5, 0.6) is 0 Å². The van der Waals surface area contributed by atoms with Gasteiger partial charge in [0.1, 0.15) is 0 Å². The average Bonchev–Trinajstić information content (AvgIpc) is 3.51. The molecule has 2 aromatic carbocycles. The number of carboxylic acid groups (broad SMARTS) is 1. The molecule has 0 bridgehead atoms. The topological polar surface area (TPSA) is 130 Å². The summed E-state index contributed by atoms with van der Waals surface area (Å²) in [6.45, 7) is 0. The maximum atomic E-state index is 11.8. The van der Waals surface area contributed by atoms with E-state index in [2.05, 4.69) is 20.8 Å². The summed E-state index contributed by atoms with van der Waals surface area (Å²) in [6, 6.07) is 13.3. The van der Waals surface area contributed by atoms with Crippen molar-refractivity contribution in [3.63, 3.8) is 0 Å². The van der Waals surface area contributed by atoms with Crippen LogP contribution in [0.25, 0.3) is 5.69 Å². The van der Waals surface area contributed by atoms with E-state index in [1.807, 2.05) is 0 Å². The molecule has 0 saturated heterocycles. The van der Waals surface area contributed by atoms with Crippen LogP contribution in [0.3, 0.4) is 0 Å². The Kier molecular flexibility index (Phi) is 5.77. The Hall–Kier alpha value is -3.24. The number of anilines is 1. The number of hydrogen-bond donors (Lipinski definition) is 3. The molecule has 0 radical (unpaired) electrons. The number of benzene rings is 2. The van der Waals surface area contributed by atoms with Crippen LogP contribution in [0, 0.1) is 5.92 Å². The van der Waals surface area contributed by atoms with Gasteiger partial charge in [0.05, 0.1) is 17.4 Å². The second-order valence-corrected chi connectivity index (χ2v) is 7.92. The fourth-order valence-corrected chi connectivity index (χ4v) is 3.66. The van der Waals surface area contributed by atoms with Gasteiger partial charge in [-0.25, -0.2) is 4.79 Å². The molecule has 0 aliphatic heterocycles. The molecule has 1 aliphatic rings. The number of tetrazole rings is 1. The highest BCUT2D eigenvalue weighted by atomic mass is 32.2. The van der Waals surface area contributed by atoms with Crippen molar-refractivity contribution >= 4 is 29.3 Å². The summed E-state index contributed by atoms with van der Waals surface area (Å²) in [5.74, 6) is -0.504. The zero-order valence-corrected chi connectivity index (χ0v) is 16.6. The van der Waals surface area contributed by atoms with Crippen LogP contribution in [0.2, 0.25) is 0 Å². The van der Waals surface area contributed by atoms with Gasteiger partial charge in [0.25, 0.3) is 0 Å². The third kappa shape index (κ3) is 4.66. The summed E-state index contributed by atoms with van der Waals surface area (Å²) < 4.78 is 1.49. The van der Waals surface area contributed by atoms with Gasteiger partial charge in [-0.15, -0.1) is 5.10 Å². The first-order valence-electron chi connectivity index (χ1n) is 9.35. The van der Waals surface area contributed by atoms with Gasteiger partial charge in [0, 0.05) is 17.4 Å². The van der Waals surface area contributed by atoms with Crippen molar-refractivity contribution in [1.82, 2.24) is 20.2 Å². The van der Waals surface area contributed by atoms with E-state index in [4.69, 9.17) is 5.11 Å². The molecule has 4 rings (SSSR count). The van der Waals surface area contributed by atoms with Crippen molar-refractivity contribution in [1.29, 1.82) is 0 Å². The van der Waals surface area contributed by atoms with E-state index < -0.39 is 12.1 Å². The summed E-state index contributed by atoms with van der Waals surface area (Å²) >= 11 is 1.28. The standard InChI is InChI=1S/C20H19N5O4S/c26-17(12-3-7-15(8-4-12)21-18(27)13-1-2-13)11-30-20-22-23-24-25(20)16-9-5-14(6-10-16)19(28)29/h3-10,13,17,26H,1-2,11H2,(H,21,27)(H,28,29). The number of aliphatic hydroxyl groups excluding tert-OH is 1. The second kappa shape index (κ2) is 8.64. The number of carbonyl (C=O) groups is 2. The first kappa shape index (κ1) is 20.0. The van der Waals surface area contributed by atoms with Crippen molar-refractivity contribution < 1.29 is 19.8 Å². The Balaban J connectivity index is 1.37. The Morgan fingerprint density at radius 2 is 1.83 bits per heavy atom. The largest absolute Gasteiger partial charge is 0.478 e. The average molecular weight is 425 g/mol. The summed E-state index contributed by atoms with van der Waals surface area (Å²) in [5.41, 5.74) is 2.23. The molecule has 1 aromatic heterocycles. The second-order valence-electron chi connectivity index (χ2n) is 6.94. The maximum absolute atomic E-state index is 11.8. The fourth-order valence-electron chi connectivity index (χ4n) is 2.80. The van der Waals surface area contributed by atoms with Gasteiger partial charge in [-0.3, -0.25) is 4.79 Å². The lowest BCUT2D eigenvalue weighted by atomic mass is 10.1. The van der Waals surface area contributed by atoms with E-state index in [0.717, 1.165) is 18.4 Å². The molecule has 154 valence electrons. The van der Waals surface area contributed by atoms with Crippen molar-refractivity contribution in [2.45, 2.75) is 24.1 Å². The van der Waals surface area contributed by atoms with Gasteiger partial charge < -0.3 is 15.5 Å². The smallest absolute Gasteiger partial charge is 0.335 e. The molecule has 1 unspecified atom stereocenters. The number of rotatable bonds is 8. The first-order valence-corrected chi connectivity index (χ1v) is 10.3. The number of aromatic nitrogens is 4. The number of hydrogen-bond acceptors (Lipinski definition) is 7. The van der Waals surface area contributed by atoms with Gasteiger partial charge >= 0.3 is 5.97 Å². The van der Waals surface area contributed by atoms with Crippen LogP contribution in [0.4, 0.5) is 5.69 Å². The monoisotopic (exact) mass is 425 g/mol. The molecule has 1 fully saturated rings. The van der Waals surface area contributed by atoms with E-state index in [1.54, 1.807) is 36.4 Å². The quantitative estimate of drug-likeness (QED) is 0.470. The third-order valence-electron chi connectivity index (χ3n) is 4.68. The van der Waals surface area contributed by atoms with Crippen molar-refractivity contribution in [2.75, 3.05) is 11.1 Å². The number of carbonyl (C=O) groups excluding carboxylic acids is 1. The maximum Gasteiger partial charge on any atom is 0.335 e. The SMILES string of the molecule is O=C(O)c1ccc(-n2nnnc2SCC(O)c2ccc(NC(=O)C3CC3)cc2)cc1. The minimum absolute atomic E-state index is 0.0436. The lowest BCUT2D eigenvalue weighted by Crippen LogP contribution is -2.13. The molecule has 1 aliphatic carbocycles. The molecule has 10 heteroatoms. The highest BCUT2D eigenvalue weighted by molar-refractivity contribution is 7.99. The van der Waals surface area contributed by atoms with Crippen LogP contribution in [-0.4, -0.2) is 48.0 Å². The van der Waals surface area contributed by atoms with Gasteiger partial charge in [-0.2, -0.15) is 4.68 Å². The molecule has 1 heterocycles. The minimum atomic E-state index is -1.01. The third-order valence-corrected chi connectivity index (χ3v) is 5.68.